The molecule has 1 heterocycles. The van der Waals surface area contributed by atoms with Crippen molar-refractivity contribution < 1.29 is 18.1 Å². The molecule has 1 aliphatic heterocycles. The predicted octanol–water partition coefficient (Wildman–Crippen LogP) is 2.86. The maximum Gasteiger partial charge on any atom is 0.270 e. The Morgan fingerprint density at radius 1 is 1.13 bits per heavy atom. The van der Waals surface area contributed by atoms with Crippen LogP contribution >= 0.6 is 0 Å². The lowest BCUT2D eigenvalue weighted by Crippen LogP contribution is -2.50. The Bertz CT molecular complexity index is 1120. The molecule has 9 heteroatoms. The highest BCUT2D eigenvalue weighted by Crippen LogP contribution is 2.35. The van der Waals surface area contributed by atoms with Crippen LogP contribution in [0, 0.1) is 17.0 Å². The lowest BCUT2D eigenvalue weighted by molar-refractivity contribution is -0.385. The maximum absolute atomic E-state index is 13.1. The van der Waals surface area contributed by atoms with Crippen LogP contribution in [-0.2, 0) is 21.2 Å². The molecule has 0 aromatic heterocycles. The van der Waals surface area contributed by atoms with Crippen LogP contribution in [-0.4, -0.2) is 54.6 Å². The number of non-ortho nitro benzene ring substituents is 1. The molecule has 1 amide bonds. The molecule has 1 aliphatic carbocycles. The second kappa shape index (κ2) is 8.39. The molecule has 1 atom stereocenters. The number of aryl methyl sites for hydroxylation is 2. The third-order valence-electron chi connectivity index (χ3n) is 6.27. The molecule has 0 radical (unpaired) electrons. The molecule has 2 aromatic rings. The van der Waals surface area contributed by atoms with Crippen molar-refractivity contribution in [3.63, 3.8) is 0 Å². The van der Waals surface area contributed by atoms with Crippen molar-refractivity contribution in [2.24, 2.45) is 0 Å². The van der Waals surface area contributed by atoms with E-state index in [1.165, 1.54) is 27.6 Å². The standard InChI is InChI=1S/C22H25N3O5S/c1-16-6-9-19(25(27)28)15-21(16)31(29,30)24-12-10-23(11-13-24)22(26)14-18-8-7-17-4-2-3-5-20(17)18/h2-6,9,15,18H,7-8,10-14H2,1H3. The Morgan fingerprint density at radius 3 is 2.55 bits per heavy atom. The Morgan fingerprint density at radius 2 is 1.84 bits per heavy atom. The van der Waals surface area contributed by atoms with Crippen LogP contribution in [0.3, 0.4) is 0 Å². The van der Waals surface area contributed by atoms with Crippen molar-refractivity contribution in [2.75, 3.05) is 26.2 Å². The highest BCUT2D eigenvalue weighted by atomic mass is 32.2. The summed E-state index contributed by atoms with van der Waals surface area (Å²) < 4.78 is 27.5. The molecule has 0 N–H and O–H groups in total. The zero-order valence-electron chi connectivity index (χ0n) is 17.4. The largest absolute Gasteiger partial charge is 0.340 e. The summed E-state index contributed by atoms with van der Waals surface area (Å²) in [5.74, 6) is 0.267. The number of nitro benzene ring substituents is 1. The normalized spacial score (nSPS) is 19.3. The highest BCUT2D eigenvalue weighted by Gasteiger charge is 2.33. The van der Waals surface area contributed by atoms with Crippen molar-refractivity contribution in [1.29, 1.82) is 0 Å². The highest BCUT2D eigenvalue weighted by molar-refractivity contribution is 7.89. The fraction of sp³-hybridized carbons (Fsp3) is 0.409. The molecule has 164 valence electrons. The number of nitro groups is 1. The Hall–Kier alpha value is -2.78. The number of benzene rings is 2. The molecule has 1 saturated heterocycles. The van der Waals surface area contributed by atoms with Crippen LogP contribution in [0.1, 0.15) is 35.4 Å². The summed E-state index contributed by atoms with van der Waals surface area (Å²) in [4.78, 5) is 25.0. The van der Waals surface area contributed by atoms with E-state index in [1.54, 1.807) is 11.8 Å². The number of amides is 1. The summed E-state index contributed by atoms with van der Waals surface area (Å²) in [6.07, 6.45) is 2.39. The molecular weight excluding hydrogens is 418 g/mol. The molecule has 1 fully saturated rings. The minimum atomic E-state index is -3.87. The van der Waals surface area contributed by atoms with Crippen molar-refractivity contribution in [1.82, 2.24) is 9.21 Å². The number of hydrogen-bond donors (Lipinski definition) is 0. The van der Waals surface area contributed by atoms with Gasteiger partial charge in [-0.3, -0.25) is 14.9 Å². The Balaban J connectivity index is 1.41. The molecule has 8 nitrogen and oxygen atoms in total. The zero-order valence-corrected chi connectivity index (χ0v) is 18.2. The molecule has 4 rings (SSSR count). The van der Waals surface area contributed by atoms with Gasteiger partial charge in [0.25, 0.3) is 5.69 Å². The van der Waals surface area contributed by atoms with Crippen LogP contribution in [0.4, 0.5) is 5.69 Å². The number of hydrogen-bond acceptors (Lipinski definition) is 5. The van der Waals surface area contributed by atoms with E-state index in [0.29, 0.717) is 25.1 Å². The third kappa shape index (κ3) is 4.20. The van der Waals surface area contributed by atoms with Gasteiger partial charge in [0.2, 0.25) is 15.9 Å². The summed E-state index contributed by atoms with van der Waals surface area (Å²) in [6, 6.07) is 12.1. The average molecular weight is 444 g/mol. The van der Waals surface area contributed by atoms with Crippen LogP contribution < -0.4 is 0 Å². The number of sulfonamides is 1. The molecule has 0 spiro atoms. The first kappa shape index (κ1) is 21.5. The smallest absolute Gasteiger partial charge is 0.270 e. The second-order valence-corrected chi connectivity index (χ2v) is 10.0. The van der Waals surface area contributed by atoms with Crippen molar-refractivity contribution in [2.45, 2.75) is 37.0 Å². The van der Waals surface area contributed by atoms with Gasteiger partial charge >= 0.3 is 0 Å². The monoisotopic (exact) mass is 443 g/mol. The number of carbonyl (C=O) groups excluding carboxylic acids is 1. The predicted molar refractivity (Wildman–Crippen MR) is 115 cm³/mol. The van der Waals surface area contributed by atoms with E-state index in [-0.39, 0.29) is 35.5 Å². The molecular formula is C22H25N3O5S. The summed E-state index contributed by atoms with van der Waals surface area (Å²) in [6.45, 7) is 2.62. The number of carbonyl (C=O) groups is 1. The number of piperazine rings is 1. The summed E-state index contributed by atoms with van der Waals surface area (Å²) >= 11 is 0. The van der Waals surface area contributed by atoms with Crippen LogP contribution in [0.15, 0.2) is 47.4 Å². The lowest BCUT2D eigenvalue weighted by Gasteiger charge is -2.34. The van der Waals surface area contributed by atoms with Gasteiger partial charge in [-0.05, 0) is 42.4 Å². The van der Waals surface area contributed by atoms with Crippen LogP contribution in [0.5, 0.6) is 0 Å². The topological polar surface area (TPSA) is 101 Å². The molecule has 2 aromatic carbocycles. The van der Waals surface area contributed by atoms with Gasteiger partial charge in [0.1, 0.15) is 0 Å². The van der Waals surface area contributed by atoms with E-state index in [0.717, 1.165) is 18.9 Å². The quantitative estimate of drug-likeness (QED) is 0.522. The molecule has 31 heavy (non-hydrogen) atoms. The van der Waals surface area contributed by atoms with E-state index in [2.05, 4.69) is 12.1 Å². The first-order chi connectivity index (χ1) is 14.8. The van der Waals surface area contributed by atoms with E-state index >= 15 is 0 Å². The van der Waals surface area contributed by atoms with E-state index < -0.39 is 14.9 Å². The van der Waals surface area contributed by atoms with Gasteiger partial charge in [-0.15, -0.1) is 0 Å². The molecule has 1 unspecified atom stereocenters. The lowest BCUT2D eigenvalue weighted by atomic mass is 9.97. The maximum atomic E-state index is 13.1. The second-order valence-electron chi connectivity index (χ2n) is 8.13. The van der Waals surface area contributed by atoms with Gasteiger partial charge in [-0.25, -0.2) is 8.42 Å². The first-order valence-electron chi connectivity index (χ1n) is 10.4. The van der Waals surface area contributed by atoms with E-state index in [1.807, 2.05) is 12.1 Å². The van der Waals surface area contributed by atoms with Crippen molar-refractivity contribution in [3.8, 4) is 0 Å². The summed E-state index contributed by atoms with van der Waals surface area (Å²) in [5, 5.41) is 11.1. The summed E-state index contributed by atoms with van der Waals surface area (Å²) in [7, 11) is -3.87. The van der Waals surface area contributed by atoms with Gasteiger partial charge in [0.05, 0.1) is 9.82 Å². The van der Waals surface area contributed by atoms with Crippen molar-refractivity contribution >= 4 is 21.6 Å². The number of rotatable bonds is 5. The first-order valence-corrected chi connectivity index (χ1v) is 11.8. The third-order valence-corrected chi connectivity index (χ3v) is 8.31. The van der Waals surface area contributed by atoms with Crippen LogP contribution in [0.25, 0.3) is 0 Å². The summed E-state index contributed by atoms with van der Waals surface area (Å²) in [5.41, 5.74) is 2.76. The number of nitrogens with zero attached hydrogens (tertiary/aromatic N) is 3. The van der Waals surface area contributed by atoms with Crippen molar-refractivity contribution in [3.05, 3.63) is 69.3 Å². The molecule has 0 bridgehead atoms. The fourth-order valence-electron chi connectivity index (χ4n) is 4.49. The van der Waals surface area contributed by atoms with Gasteiger partial charge in [0.15, 0.2) is 0 Å². The van der Waals surface area contributed by atoms with E-state index in [4.69, 9.17) is 0 Å². The van der Waals surface area contributed by atoms with Gasteiger partial charge in [-0.2, -0.15) is 4.31 Å². The molecule has 2 aliphatic rings. The minimum Gasteiger partial charge on any atom is -0.340 e. The SMILES string of the molecule is Cc1ccc([N+](=O)[O-])cc1S(=O)(=O)N1CCN(C(=O)CC2CCc3ccccc32)CC1. The fourth-order valence-corrected chi connectivity index (χ4v) is 6.16. The number of fused-ring (bicyclic) bond motifs is 1. The minimum absolute atomic E-state index is 0.0466. The van der Waals surface area contributed by atoms with Crippen LogP contribution in [0.2, 0.25) is 0 Å². The Kier molecular flexibility index (Phi) is 5.81. The van der Waals surface area contributed by atoms with E-state index in [9.17, 15) is 23.3 Å². The molecule has 0 saturated carbocycles. The van der Waals surface area contributed by atoms with Gasteiger partial charge in [0, 0.05) is 44.7 Å². The Labute approximate surface area is 181 Å². The average Bonchev–Trinajstić information content (AvgIpc) is 3.16. The van der Waals surface area contributed by atoms with Gasteiger partial charge in [-0.1, -0.05) is 30.3 Å². The van der Waals surface area contributed by atoms with Gasteiger partial charge < -0.3 is 4.90 Å². The zero-order chi connectivity index (χ0) is 22.2.